The van der Waals surface area contributed by atoms with E-state index in [1.807, 2.05) is 72.9 Å². The van der Waals surface area contributed by atoms with Crippen LogP contribution in [0.4, 0.5) is 17.2 Å². The van der Waals surface area contributed by atoms with Crippen molar-refractivity contribution in [3.63, 3.8) is 0 Å². The van der Waals surface area contributed by atoms with E-state index in [1.54, 1.807) is 28.8 Å². The topological polar surface area (TPSA) is 100 Å². The van der Waals surface area contributed by atoms with E-state index in [1.165, 1.54) is 6.92 Å². The van der Waals surface area contributed by atoms with Crippen LogP contribution in [-0.2, 0) is 11.3 Å². The Morgan fingerprint density at radius 1 is 0.806 bits per heavy atom. The summed E-state index contributed by atoms with van der Waals surface area (Å²) in [6.45, 7) is 1.98. The van der Waals surface area contributed by atoms with Crippen molar-refractivity contribution in [1.29, 1.82) is 0 Å². The Bertz CT molecular complexity index is 1510. The summed E-state index contributed by atoms with van der Waals surface area (Å²) in [7, 11) is 0. The SMILES string of the molecule is CC(=O)Nc1ccc(NC(=O)c2nc(NCc3ccccc3)c3c(-c4ccccc4)ccn3n2)cc1. The fourth-order valence-corrected chi connectivity index (χ4v) is 3.90. The van der Waals surface area contributed by atoms with E-state index in [-0.39, 0.29) is 11.7 Å². The summed E-state index contributed by atoms with van der Waals surface area (Å²) in [5.74, 6) is -0.0180. The molecule has 0 saturated carbocycles. The van der Waals surface area contributed by atoms with Crippen LogP contribution >= 0.6 is 0 Å². The minimum absolute atomic E-state index is 0.0270. The maximum absolute atomic E-state index is 13.1. The third kappa shape index (κ3) is 5.07. The molecule has 178 valence electrons. The molecule has 0 saturated heterocycles. The predicted molar refractivity (Wildman–Crippen MR) is 141 cm³/mol. The third-order valence-corrected chi connectivity index (χ3v) is 5.56. The Morgan fingerprint density at radius 3 is 2.11 bits per heavy atom. The molecule has 0 aliphatic carbocycles. The molecule has 5 rings (SSSR count). The van der Waals surface area contributed by atoms with E-state index < -0.39 is 5.91 Å². The fourth-order valence-electron chi connectivity index (χ4n) is 3.90. The summed E-state index contributed by atoms with van der Waals surface area (Å²) < 4.78 is 1.68. The molecule has 0 aliphatic rings. The highest BCUT2D eigenvalue weighted by molar-refractivity contribution is 6.02. The molecule has 3 aromatic carbocycles. The average Bonchev–Trinajstić information content (AvgIpc) is 3.33. The number of hydrogen-bond acceptors (Lipinski definition) is 5. The lowest BCUT2D eigenvalue weighted by Crippen LogP contribution is -2.19. The van der Waals surface area contributed by atoms with Crippen molar-refractivity contribution in [3.8, 4) is 11.1 Å². The number of rotatable bonds is 7. The molecule has 0 atom stereocenters. The number of aromatic nitrogens is 3. The van der Waals surface area contributed by atoms with Gasteiger partial charge in [0.1, 0.15) is 5.52 Å². The number of hydrogen-bond donors (Lipinski definition) is 3. The van der Waals surface area contributed by atoms with E-state index in [0.29, 0.717) is 23.7 Å². The molecule has 2 aromatic heterocycles. The van der Waals surface area contributed by atoms with Gasteiger partial charge in [0.25, 0.3) is 5.91 Å². The molecule has 0 radical (unpaired) electrons. The normalized spacial score (nSPS) is 10.7. The molecule has 0 bridgehead atoms. The van der Waals surface area contributed by atoms with E-state index >= 15 is 0 Å². The van der Waals surface area contributed by atoms with Crippen LogP contribution in [-0.4, -0.2) is 26.4 Å². The zero-order chi connectivity index (χ0) is 24.9. The van der Waals surface area contributed by atoms with Crippen LogP contribution < -0.4 is 16.0 Å². The Labute approximate surface area is 208 Å². The molecule has 0 aliphatic heterocycles. The largest absolute Gasteiger partial charge is 0.364 e. The van der Waals surface area contributed by atoms with Crippen molar-refractivity contribution in [2.24, 2.45) is 0 Å². The number of fused-ring (bicyclic) bond motifs is 1. The van der Waals surface area contributed by atoms with Crippen molar-refractivity contribution >= 4 is 34.5 Å². The van der Waals surface area contributed by atoms with Gasteiger partial charge in [0.15, 0.2) is 5.82 Å². The summed E-state index contributed by atoms with van der Waals surface area (Å²) in [6, 6.07) is 28.8. The van der Waals surface area contributed by atoms with Gasteiger partial charge in [-0.15, -0.1) is 5.10 Å². The van der Waals surface area contributed by atoms with Crippen LogP contribution in [0.3, 0.4) is 0 Å². The molecule has 3 N–H and O–H groups in total. The van der Waals surface area contributed by atoms with Crippen LogP contribution in [0.1, 0.15) is 23.1 Å². The quantitative estimate of drug-likeness (QED) is 0.299. The zero-order valence-corrected chi connectivity index (χ0v) is 19.6. The molecule has 8 heteroatoms. The van der Waals surface area contributed by atoms with Crippen LogP contribution in [0.5, 0.6) is 0 Å². The van der Waals surface area contributed by atoms with Gasteiger partial charge in [0, 0.05) is 36.6 Å². The van der Waals surface area contributed by atoms with Crippen molar-refractivity contribution in [2.75, 3.05) is 16.0 Å². The zero-order valence-electron chi connectivity index (χ0n) is 19.6. The van der Waals surface area contributed by atoms with E-state index in [2.05, 4.69) is 26.0 Å². The number of carbonyl (C=O) groups excluding carboxylic acids is 2. The molecule has 0 spiro atoms. The predicted octanol–water partition coefficient (Wildman–Crippen LogP) is 5.22. The maximum atomic E-state index is 13.1. The first-order chi connectivity index (χ1) is 17.6. The lowest BCUT2D eigenvalue weighted by atomic mass is 10.1. The summed E-state index contributed by atoms with van der Waals surface area (Å²) in [5, 5.41) is 13.4. The van der Waals surface area contributed by atoms with Crippen LogP contribution in [0, 0.1) is 0 Å². The second kappa shape index (κ2) is 10.1. The summed E-state index contributed by atoms with van der Waals surface area (Å²) in [6.07, 6.45) is 1.83. The minimum Gasteiger partial charge on any atom is -0.364 e. The first-order valence-electron chi connectivity index (χ1n) is 11.5. The van der Waals surface area contributed by atoms with Crippen LogP contribution in [0.25, 0.3) is 16.6 Å². The standard InChI is InChI=1S/C28H24N6O2/c1-19(35)30-22-12-14-23(15-13-22)31-28(36)27-32-26(29-18-20-8-4-2-5-9-20)25-24(16-17-34(25)33-27)21-10-6-3-7-11-21/h2-17H,18H2,1H3,(H,30,35)(H,31,36)(H,29,32,33). The Hall–Kier alpha value is -4.98. The van der Waals surface area contributed by atoms with Gasteiger partial charge in [-0.3, -0.25) is 9.59 Å². The van der Waals surface area contributed by atoms with Gasteiger partial charge in [0.2, 0.25) is 11.7 Å². The first kappa shape index (κ1) is 22.8. The van der Waals surface area contributed by atoms with Gasteiger partial charge in [-0.2, -0.15) is 0 Å². The molecule has 2 heterocycles. The monoisotopic (exact) mass is 476 g/mol. The summed E-state index contributed by atoms with van der Waals surface area (Å²) >= 11 is 0. The lowest BCUT2D eigenvalue weighted by molar-refractivity contribution is -0.114. The van der Waals surface area contributed by atoms with Gasteiger partial charge < -0.3 is 16.0 Å². The number of amides is 2. The highest BCUT2D eigenvalue weighted by Gasteiger charge is 2.18. The molecule has 2 amide bonds. The Balaban J connectivity index is 1.47. The number of anilines is 3. The molecule has 0 fully saturated rings. The van der Waals surface area contributed by atoms with E-state index in [0.717, 1.165) is 22.2 Å². The average molecular weight is 477 g/mol. The first-order valence-corrected chi connectivity index (χ1v) is 11.5. The van der Waals surface area contributed by atoms with Crippen molar-refractivity contribution < 1.29 is 9.59 Å². The van der Waals surface area contributed by atoms with Crippen molar-refractivity contribution in [2.45, 2.75) is 13.5 Å². The Kier molecular flexibility index (Phi) is 6.40. The number of nitrogens with zero attached hydrogens (tertiary/aromatic N) is 3. The number of carbonyl (C=O) groups is 2. The third-order valence-electron chi connectivity index (χ3n) is 5.56. The van der Waals surface area contributed by atoms with Gasteiger partial charge in [0.05, 0.1) is 0 Å². The van der Waals surface area contributed by atoms with Crippen molar-refractivity contribution in [1.82, 2.24) is 14.6 Å². The van der Waals surface area contributed by atoms with Gasteiger partial charge in [-0.05, 0) is 41.5 Å². The van der Waals surface area contributed by atoms with Gasteiger partial charge >= 0.3 is 0 Å². The number of benzene rings is 3. The molecule has 36 heavy (non-hydrogen) atoms. The number of nitrogens with one attached hydrogen (secondary N) is 3. The fraction of sp³-hybridized carbons (Fsp3) is 0.0714. The second-order valence-corrected chi connectivity index (χ2v) is 8.22. The smallest absolute Gasteiger partial charge is 0.295 e. The van der Waals surface area contributed by atoms with Crippen LogP contribution in [0.15, 0.2) is 97.2 Å². The Morgan fingerprint density at radius 2 is 1.44 bits per heavy atom. The highest BCUT2D eigenvalue weighted by Crippen LogP contribution is 2.30. The van der Waals surface area contributed by atoms with E-state index in [4.69, 9.17) is 0 Å². The maximum Gasteiger partial charge on any atom is 0.295 e. The summed E-state index contributed by atoms with van der Waals surface area (Å²) in [5.41, 5.74) is 5.08. The summed E-state index contributed by atoms with van der Waals surface area (Å²) in [4.78, 5) is 28.9. The minimum atomic E-state index is -0.443. The molecule has 0 unspecified atom stereocenters. The van der Waals surface area contributed by atoms with Gasteiger partial charge in [-0.1, -0.05) is 60.7 Å². The molecule has 8 nitrogen and oxygen atoms in total. The van der Waals surface area contributed by atoms with Crippen LogP contribution in [0.2, 0.25) is 0 Å². The van der Waals surface area contributed by atoms with E-state index in [9.17, 15) is 9.59 Å². The highest BCUT2D eigenvalue weighted by atomic mass is 16.2. The lowest BCUT2D eigenvalue weighted by Gasteiger charge is -2.12. The molecular weight excluding hydrogens is 452 g/mol. The molecular formula is C28H24N6O2. The van der Waals surface area contributed by atoms with Crippen molar-refractivity contribution in [3.05, 3.63) is 109 Å². The second-order valence-electron chi connectivity index (χ2n) is 8.22. The van der Waals surface area contributed by atoms with Gasteiger partial charge in [-0.25, -0.2) is 9.50 Å². The molecule has 5 aromatic rings.